The second-order valence-electron chi connectivity index (χ2n) is 5.10. The first kappa shape index (κ1) is 16.6. The van der Waals surface area contributed by atoms with E-state index in [1.807, 2.05) is 66.7 Å². The van der Waals surface area contributed by atoms with E-state index in [0.717, 1.165) is 16.9 Å². The number of rotatable bonds is 6. The maximum absolute atomic E-state index is 11.9. The van der Waals surface area contributed by atoms with Crippen molar-refractivity contribution < 1.29 is 14.3 Å². The third-order valence-electron chi connectivity index (χ3n) is 3.32. The maximum atomic E-state index is 11.9. The molecule has 0 aliphatic rings. The Kier molecular flexibility index (Phi) is 6.24. The van der Waals surface area contributed by atoms with Gasteiger partial charge in [0.05, 0.1) is 7.11 Å². The first-order valence-corrected chi connectivity index (χ1v) is 7.41. The fraction of sp³-hybridized carbons (Fsp3) is 0.211. The second-order valence-corrected chi connectivity index (χ2v) is 5.10. The van der Waals surface area contributed by atoms with Gasteiger partial charge in [-0.1, -0.05) is 54.6 Å². The van der Waals surface area contributed by atoms with E-state index in [1.165, 1.54) is 4.90 Å². The van der Waals surface area contributed by atoms with Crippen LogP contribution in [0.4, 0.5) is 4.79 Å². The summed E-state index contributed by atoms with van der Waals surface area (Å²) in [6.45, 7) is 0.770. The zero-order chi connectivity index (χ0) is 16.5. The Hall–Kier alpha value is -2.75. The molecule has 4 heteroatoms. The topological polar surface area (TPSA) is 38.8 Å². The third-order valence-corrected chi connectivity index (χ3v) is 3.32. The number of likely N-dealkylation sites (N-methyl/N-ethyl adjacent to an activating group) is 1. The molecular weight excluding hydrogens is 290 g/mol. The van der Waals surface area contributed by atoms with Gasteiger partial charge in [-0.2, -0.15) is 0 Å². The maximum Gasteiger partial charge on any atom is 0.410 e. The molecule has 1 amide bonds. The van der Waals surface area contributed by atoms with Crippen molar-refractivity contribution in [2.45, 2.75) is 6.61 Å². The minimum atomic E-state index is -0.340. The van der Waals surface area contributed by atoms with Gasteiger partial charge >= 0.3 is 6.09 Å². The molecule has 2 aromatic rings. The summed E-state index contributed by atoms with van der Waals surface area (Å²) in [5.41, 5.74) is 2.03. The number of carbonyl (C=O) groups is 1. The minimum absolute atomic E-state index is 0.284. The Balaban J connectivity index is 1.77. The largest absolute Gasteiger partial charge is 0.497 e. The molecule has 0 spiro atoms. The van der Waals surface area contributed by atoms with Crippen LogP contribution < -0.4 is 4.74 Å². The lowest BCUT2D eigenvalue weighted by Crippen LogP contribution is -2.27. The lowest BCUT2D eigenvalue weighted by Gasteiger charge is -2.15. The van der Waals surface area contributed by atoms with Gasteiger partial charge in [-0.05, 0) is 23.3 Å². The molecular formula is C19H21NO3. The van der Waals surface area contributed by atoms with Gasteiger partial charge in [-0.25, -0.2) is 4.79 Å². The third kappa shape index (κ3) is 5.51. The van der Waals surface area contributed by atoms with E-state index in [4.69, 9.17) is 9.47 Å². The molecule has 23 heavy (non-hydrogen) atoms. The van der Waals surface area contributed by atoms with E-state index in [-0.39, 0.29) is 12.7 Å². The molecule has 0 radical (unpaired) electrons. The summed E-state index contributed by atoms with van der Waals surface area (Å²) in [6, 6.07) is 17.4. The zero-order valence-electron chi connectivity index (χ0n) is 13.4. The normalized spacial score (nSPS) is 10.5. The molecule has 2 rings (SSSR count). The molecule has 0 N–H and O–H groups in total. The monoisotopic (exact) mass is 311 g/mol. The summed E-state index contributed by atoms with van der Waals surface area (Å²) >= 11 is 0. The molecule has 0 unspecified atom stereocenters. The highest BCUT2D eigenvalue weighted by Gasteiger charge is 2.08. The zero-order valence-corrected chi connectivity index (χ0v) is 13.4. The van der Waals surface area contributed by atoms with Gasteiger partial charge in [0, 0.05) is 13.6 Å². The number of amides is 1. The van der Waals surface area contributed by atoms with Crippen LogP contribution in [-0.2, 0) is 11.3 Å². The highest BCUT2D eigenvalue weighted by Crippen LogP contribution is 2.12. The van der Waals surface area contributed by atoms with E-state index < -0.39 is 0 Å². The highest BCUT2D eigenvalue weighted by atomic mass is 16.6. The van der Waals surface area contributed by atoms with Gasteiger partial charge < -0.3 is 14.4 Å². The average Bonchev–Trinajstić information content (AvgIpc) is 2.61. The van der Waals surface area contributed by atoms with E-state index in [1.54, 1.807) is 14.2 Å². The molecule has 0 aliphatic heterocycles. The molecule has 0 aromatic heterocycles. The van der Waals surface area contributed by atoms with Gasteiger partial charge in [-0.3, -0.25) is 0 Å². The van der Waals surface area contributed by atoms with Gasteiger partial charge in [0.1, 0.15) is 12.4 Å². The van der Waals surface area contributed by atoms with Crippen LogP contribution in [0.25, 0.3) is 6.08 Å². The van der Waals surface area contributed by atoms with Crippen molar-refractivity contribution in [1.29, 1.82) is 0 Å². The van der Waals surface area contributed by atoms with E-state index in [0.29, 0.717) is 6.54 Å². The van der Waals surface area contributed by atoms with Crippen molar-refractivity contribution in [2.24, 2.45) is 0 Å². The standard InChI is InChI=1S/C19H21NO3/c1-20(19(21)23-15-17-7-4-3-5-8-17)14-6-9-16-10-12-18(22-2)13-11-16/h3-13H,14-15H2,1-2H3/b9-6+. The molecule has 0 heterocycles. The molecule has 0 fully saturated rings. The van der Waals surface area contributed by atoms with Crippen LogP contribution in [0.1, 0.15) is 11.1 Å². The van der Waals surface area contributed by atoms with Gasteiger partial charge in [-0.15, -0.1) is 0 Å². The number of nitrogens with zero attached hydrogens (tertiary/aromatic N) is 1. The molecule has 0 saturated heterocycles. The van der Waals surface area contributed by atoms with Crippen LogP contribution in [0.15, 0.2) is 60.7 Å². The summed E-state index contributed by atoms with van der Waals surface area (Å²) in [4.78, 5) is 13.4. The first-order chi connectivity index (χ1) is 11.2. The Labute approximate surface area is 137 Å². The lowest BCUT2D eigenvalue weighted by molar-refractivity contribution is 0.108. The number of hydrogen-bond donors (Lipinski definition) is 0. The average molecular weight is 311 g/mol. The van der Waals surface area contributed by atoms with Crippen LogP contribution in [0.5, 0.6) is 5.75 Å². The molecule has 0 atom stereocenters. The second kappa shape index (κ2) is 8.63. The van der Waals surface area contributed by atoms with E-state index in [9.17, 15) is 4.79 Å². The molecule has 2 aromatic carbocycles. The van der Waals surface area contributed by atoms with Gasteiger partial charge in [0.2, 0.25) is 0 Å². The minimum Gasteiger partial charge on any atom is -0.497 e. The molecule has 0 aliphatic carbocycles. The first-order valence-electron chi connectivity index (χ1n) is 7.41. The van der Waals surface area contributed by atoms with Crippen LogP contribution in [0.3, 0.4) is 0 Å². The number of carbonyl (C=O) groups excluding carboxylic acids is 1. The number of benzene rings is 2. The quantitative estimate of drug-likeness (QED) is 0.810. The number of ether oxygens (including phenoxy) is 2. The van der Waals surface area contributed by atoms with Crippen LogP contribution in [0, 0.1) is 0 Å². The Morgan fingerprint density at radius 2 is 1.78 bits per heavy atom. The van der Waals surface area contributed by atoms with Crippen LogP contribution in [-0.4, -0.2) is 31.7 Å². The molecule has 120 valence electrons. The summed E-state index contributed by atoms with van der Waals surface area (Å²) in [6.07, 6.45) is 3.54. The fourth-order valence-electron chi connectivity index (χ4n) is 1.97. The molecule has 0 saturated carbocycles. The smallest absolute Gasteiger partial charge is 0.410 e. The predicted molar refractivity (Wildman–Crippen MR) is 91.3 cm³/mol. The van der Waals surface area contributed by atoms with Crippen molar-refractivity contribution in [2.75, 3.05) is 20.7 Å². The predicted octanol–water partition coefficient (Wildman–Crippen LogP) is 3.98. The SMILES string of the molecule is COc1ccc(/C=C/CN(C)C(=O)OCc2ccccc2)cc1. The molecule has 0 bridgehead atoms. The van der Waals surface area contributed by atoms with Crippen LogP contribution in [0.2, 0.25) is 0 Å². The fourth-order valence-corrected chi connectivity index (χ4v) is 1.97. The summed E-state index contributed by atoms with van der Waals surface area (Å²) in [5, 5.41) is 0. The van der Waals surface area contributed by atoms with Gasteiger partial charge in [0.15, 0.2) is 0 Å². The Bertz CT molecular complexity index is 635. The van der Waals surface area contributed by atoms with Gasteiger partial charge in [0.25, 0.3) is 0 Å². The van der Waals surface area contributed by atoms with Crippen molar-refractivity contribution in [1.82, 2.24) is 4.90 Å². The Morgan fingerprint density at radius 1 is 1.09 bits per heavy atom. The Morgan fingerprint density at radius 3 is 2.43 bits per heavy atom. The molecule has 4 nitrogen and oxygen atoms in total. The summed E-state index contributed by atoms with van der Waals surface area (Å²) in [5.74, 6) is 0.823. The summed E-state index contributed by atoms with van der Waals surface area (Å²) < 4.78 is 10.4. The van der Waals surface area contributed by atoms with Crippen molar-refractivity contribution in [3.8, 4) is 5.75 Å². The van der Waals surface area contributed by atoms with Crippen molar-refractivity contribution in [3.05, 3.63) is 71.8 Å². The number of methoxy groups -OCH3 is 1. The number of hydrogen-bond acceptors (Lipinski definition) is 3. The van der Waals surface area contributed by atoms with Crippen molar-refractivity contribution >= 4 is 12.2 Å². The highest BCUT2D eigenvalue weighted by molar-refractivity contribution is 5.67. The summed E-state index contributed by atoms with van der Waals surface area (Å²) in [7, 11) is 3.35. The lowest BCUT2D eigenvalue weighted by atomic mass is 10.2. The van der Waals surface area contributed by atoms with Crippen molar-refractivity contribution in [3.63, 3.8) is 0 Å². The van der Waals surface area contributed by atoms with Crippen LogP contribution >= 0.6 is 0 Å². The van der Waals surface area contributed by atoms with E-state index in [2.05, 4.69) is 0 Å². The van der Waals surface area contributed by atoms with E-state index >= 15 is 0 Å².